The second-order valence-electron chi connectivity index (χ2n) is 6.07. The molecule has 0 saturated carbocycles. The van der Waals surface area contributed by atoms with Gasteiger partial charge in [-0.05, 0) is 30.5 Å². The van der Waals surface area contributed by atoms with Crippen molar-refractivity contribution in [2.24, 2.45) is 0 Å². The molecule has 0 bridgehead atoms. The lowest BCUT2D eigenvalue weighted by Gasteiger charge is -2.10. The van der Waals surface area contributed by atoms with E-state index in [1.165, 1.54) is 16.0 Å². The number of oxazole rings is 1. The summed E-state index contributed by atoms with van der Waals surface area (Å²) in [6, 6.07) is 8.99. The van der Waals surface area contributed by atoms with Crippen LogP contribution in [0.2, 0.25) is 5.02 Å². The summed E-state index contributed by atoms with van der Waals surface area (Å²) >= 11 is 7.54. The second kappa shape index (κ2) is 7.57. The van der Waals surface area contributed by atoms with Crippen molar-refractivity contribution in [2.45, 2.75) is 19.8 Å². The molecular formula is C19H15ClN4O3S. The van der Waals surface area contributed by atoms with Crippen molar-refractivity contribution in [3.63, 3.8) is 0 Å². The molecule has 0 unspecified atom stereocenters. The molecule has 1 N–H and O–H groups in total. The third-order valence-electron chi connectivity index (χ3n) is 4.16. The Morgan fingerprint density at radius 1 is 1.32 bits per heavy atom. The van der Waals surface area contributed by atoms with Crippen LogP contribution in [0.4, 0.5) is 0 Å². The van der Waals surface area contributed by atoms with E-state index in [0.717, 1.165) is 5.56 Å². The summed E-state index contributed by atoms with van der Waals surface area (Å²) in [5.74, 6) is 1.05. The van der Waals surface area contributed by atoms with Crippen LogP contribution in [0.3, 0.4) is 0 Å². The van der Waals surface area contributed by atoms with Crippen LogP contribution in [0, 0.1) is 6.92 Å². The van der Waals surface area contributed by atoms with Crippen LogP contribution in [0.15, 0.2) is 51.1 Å². The van der Waals surface area contributed by atoms with Gasteiger partial charge in [0.15, 0.2) is 11.7 Å². The fourth-order valence-corrected chi connectivity index (χ4v) is 3.79. The number of hydrogen-bond acceptors (Lipinski definition) is 6. The number of rotatable bonds is 5. The fraction of sp³-hybridized carbons (Fsp3) is 0.158. The minimum Gasteiger partial charge on any atom is -0.441 e. The van der Waals surface area contributed by atoms with E-state index in [-0.39, 0.29) is 24.3 Å². The van der Waals surface area contributed by atoms with Crippen LogP contribution in [-0.4, -0.2) is 20.6 Å². The fourth-order valence-electron chi connectivity index (χ4n) is 2.76. The van der Waals surface area contributed by atoms with Crippen LogP contribution in [0.5, 0.6) is 0 Å². The molecule has 9 heteroatoms. The summed E-state index contributed by atoms with van der Waals surface area (Å²) in [7, 11) is 0. The van der Waals surface area contributed by atoms with E-state index >= 15 is 0 Å². The maximum atomic E-state index is 12.5. The van der Waals surface area contributed by atoms with E-state index in [9.17, 15) is 9.59 Å². The zero-order valence-corrected chi connectivity index (χ0v) is 16.4. The van der Waals surface area contributed by atoms with Crippen molar-refractivity contribution in [2.75, 3.05) is 5.43 Å². The molecule has 7 nitrogen and oxygen atoms in total. The molecule has 0 aliphatic rings. The van der Waals surface area contributed by atoms with Crippen molar-refractivity contribution in [3.05, 3.63) is 69.0 Å². The van der Waals surface area contributed by atoms with E-state index < -0.39 is 0 Å². The molecule has 142 valence electrons. The van der Waals surface area contributed by atoms with Crippen molar-refractivity contribution in [1.82, 2.24) is 14.6 Å². The van der Waals surface area contributed by atoms with Gasteiger partial charge in [-0.25, -0.2) is 14.6 Å². The second-order valence-corrected chi connectivity index (χ2v) is 7.37. The predicted molar refractivity (Wildman–Crippen MR) is 108 cm³/mol. The van der Waals surface area contributed by atoms with Gasteiger partial charge >= 0.3 is 0 Å². The van der Waals surface area contributed by atoms with Crippen LogP contribution in [-0.2, 0) is 11.2 Å². The number of hydrogen-bond donors (Lipinski definition) is 1. The highest BCUT2D eigenvalue weighted by molar-refractivity contribution is 7.16. The molecule has 0 spiro atoms. The molecule has 1 amide bonds. The normalized spacial score (nSPS) is 11.1. The molecule has 1 aromatic carbocycles. The third kappa shape index (κ3) is 3.56. The Morgan fingerprint density at radius 2 is 2.14 bits per heavy atom. The number of amides is 1. The number of benzene rings is 1. The number of nitrogens with one attached hydrogen (secondary N) is 1. The quantitative estimate of drug-likeness (QED) is 0.536. The first-order chi connectivity index (χ1) is 13.5. The van der Waals surface area contributed by atoms with E-state index in [2.05, 4.69) is 15.4 Å². The monoisotopic (exact) mass is 414 g/mol. The Hall–Kier alpha value is -2.97. The summed E-state index contributed by atoms with van der Waals surface area (Å²) < 4.78 is 6.86. The zero-order valence-electron chi connectivity index (χ0n) is 14.8. The number of carbonyl (C=O) groups is 1. The van der Waals surface area contributed by atoms with Gasteiger partial charge in [0.1, 0.15) is 10.7 Å². The first-order valence-electron chi connectivity index (χ1n) is 8.49. The topological polar surface area (TPSA) is 90.0 Å². The van der Waals surface area contributed by atoms with Gasteiger partial charge in [0.05, 0.1) is 16.6 Å². The van der Waals surface area contributed by atoms with Crippen molar-refractivity contribution < 1.29 is 9.21 Å². The van der Waals surface area contributed by atoms with Gasteiger partial charge in [0.25, 0.3) is 5.56 Å². The van der Waals surface area contributed by atoms with Crippen LogP contribution in [0.25, 0.3) is 21.5 Å². The SMILES string of the molecule is Cc1nc2sccc2c(=O)n1NC(=O)CCc1ncc(-c2ccccc2Cl)o1. The van der Waals surface area contributed by atoms with Crippen LogP contribution >= 0.6 is 22.9 Å². The molecule has 0 fully saturated rings. The first-order valence-corrected chi connectivity index (χ1v) is 9.75. The lowest BCUT2D eigenvalue weighted by Crippen LogP contribution is -2.35. The van der Waals surface area contributed by atoms with Gasteiger partial charge in [0, 0.05) is 18.4 Å². The van der Waals surface area contributed by atoms with E-state index in [0.29, 0.717) is 32.7 Å². The van der Waals surface area contributed by atoms with Gasteiger partial charge in [0.2, 0.25) is 5.91 Å². The molecule has 0 aliphatic carbocycles. The maximum Gasteiger partial charge on any atom is 0.281 e. The Balaban J connectivity index is 1.45. The Bertz CT molecular complexity index is 1230. The largest absolute Gasteiger partial charge is 0.441 e. The molecule has 0 atom stereocenters. The Morgan fingerprint density at radius 3 is 2.96 bits per heavy atom. The molecule has 3 heterocycles. The number of nitrogens with zero attached hydrogens (tertiary/aromatic N) is 3. The number of aryl methyl sites for hydroxylation is 2. The minimum absolute atomic E-state index is 0.107. The molecule has 28 heavy (non-hydrogen) atoms. The zero-order chi connectivity index (χ0) is 19.7. The Labute approximate surface area is 168 Å². The van der Waals surface area contributed by atoms with Gasteiger partial charge in [-0.3, -0.25) is 15.0 Å². The predicted octanol–water partition coefficient (Wildman–Crippen LogP) is 3.78. The summed E-state index contributed by atoms with van der Waals surface area (Å²) in [5.41, 5.74) is 3.04. The van der Waals surface area contributed by atoms with Gasteiger partial charge in [-0.15, -0.1) is 11.3 Å². The maximum absolute atomic E-state index is 12.5. The van der Waals surface area contributed by atoms with E-state index in [4.69, 9.17) is 16.0 Å². The van der Waals surface area contributed by atoms with Crippen LogP contribution in [0.1, 0.15) is 18.1 Å². The third-order valence-corrected chi connectivity index (χ3v) is 5.30. The average Bonchev–Trinajstić information content (AvgIpc) is 3.33. The smallest absolute Gasteiger partial charge is 0.281 e. The Kier molecular flexibility index (Phi) is 4.97. The van der Waals surface area contributed by atoms with Crippen molar-refractivity contribution in [3.8, 4) is 11.3 Å². The highest BCUT2D eigenvalue weighted by Gasteiger charge is 2.14. The molecule has 3 aromatic heterocycles. The summed E-state index contributed by atoms with van der Waals surface area (Å²) in [4.78, 5) is 34.0. The summed E-state index contributed by atoms with van der Waals surface area (Å²) in [5, 5.41) is 2.84. The number of carbonyl (C=O) groups excluding carboxylic acids is 1. The van der Waals surface area contributed by atoms with Gasteiger partial charge in [-0.1, -0.05) is 23.7 Å². The first kappa shape index (κ1) is 18.4. The standard InChI is InChI=1S/C19H15ClN4O3S/c1-11-22-18-13(8-9-28-18)19(26)24(11)23-16(25)6-7-17-21-10-15(27-17)12-4-2-3-5-14(12)20/h2-5,8-10H,6-7H2,1H3,(H,23,25). The van der Waals surface area contributed by atoms with Gasteiger partial charge in [-0.2, -0.15) is 0 Å². The highest BCUT2D eigenvalue weighted by atomic mass is 35.5. The number of thiophene rings is 1. The van der Waals surface area contributed by atoms with E-state index in [1.54, 1.807) is 30.6 Å². The van der Waals surface area contributed by atoms with Gasteiger partial charge < -0.3 is 4.42 Å². The minimum atomic E-state index is -0.334. The average molecular weight is 415 g/mol. The summed E-state index contributed by atoms with van der Waals surface area (Å²) in [6.07, 6.45) is 1.98. The lowest BCUT2D eigenvalue weighted by atomic mass is 10.2. The van der Waals surface area contributed by atoms with Crippen molar-refractivity contribution >= 4 is 39.1 Å². The molecule has 0 saturated heterocycles. The molecular weight excluding hydrogens is 400 g/mol. The lowest BCUT2D eigenvalue weighted by molar-refractivity contribution is -0.117. The number of aromatic nitrogens is 3. The summed E-state index contributed by atoms with van der Waals surface area (Å²) in [6.45, 7) is 1.67. The van der Waals surface area contributed by atoms with E-state index in [1.807, 2.05) is 18.2 Å². The molecule has 4 rings (SSSR count). The molecule has 0 radical (unpaired) electrons. The molecule has 4 aromatic rings. The van der Waals surface area contributed by atoms with Crippen molar-refractivity contribution in [1.29, 1.82) is 0 Å². The highest BCUT2D eigenvalue weighted by Crippen LogP contribution is 2.28. The number of fused-ring (bicyclic) bond motifs is 1. The van der Waals surface area contributed by atoms with Crippen LogP contribution < -0.4 is 11.0 Å². The number of halogens is 1. The molecule has 0 aliphatic heterocycles.